The van der Waals surface area contributed by atoms with Crippen LogP contribution in [0.25, 0.3) is 5.57 Å². The molecular weight excluding hydrogens is 450 g/mol. The van der Waals surface area contributed by atoms with Crippen LogP contribution >= 0.6 is 0 Å². The Labute approximate surface area is 204 Å². The maximum atomic E-state index is 13.6. The van der Waals surface area contributed by atoms with Gasteiger partial charge in [0.25, 0.3) is 5.91 Å². The van der Waals surface area contributed by atoms with Gasteiger partial charge in [0.2, 0.25) is 0 Å². The molecule has 0 unspecified atom stereocenters. The minimum Gasteiger partial charge on any atom is -0.491 e. The molecule has 186 valence electrons. The van der Waals surface area contributed by atoms with E-state index in [-0.39, 0.29) is 18.3 Å². The van der Waals surface area contributed by atoms with Crippen molar-refractivity contribution in [2.24, 2.45) is 0 Å². The second-order valence-corrected chi connectivity index (χ2v) is 9.44. The van der Waals surface area contributed by atoms with Gasteiger partial charge in [0, 0.05) is 35.8 Å². The van der Waals surface area contributed by atoms with Crippen LogP contribution in [0, 0.1) is 0 Å². The number of carbonyl (C=O) groups excluding carboxylic acids is 2. The number of nitrogens with one attached hydrogen (secondary N) is 1. The highest BCUT2D eigenvalue weighted by Crippen LogP contribution is 2.50. The molecule has 1 amide bonds. The smallest absolute Gasteiger partial charge is 0.251 e. The summed E-state index contributed by atoms with van der Waals surface area (Å²) < 4.78 is 10.6. The van der Waals surface area contributed by atoms with E-state index in [9.17, 15) is 19.8 Å². The summed E-state index contributed by atoms with van der Waals surface area (Å²) in [5, 5.41) is 31.2. The largest absolute Gasteiger partial charge is 0.491 e. The highest BCUT2D eigenvalue weighted by molar-refractivity contribution is 6.33. The van der Waals surface area contributed by atoms with Crippen LogP contribution in [0.5, 0.6) is 5.75 Å². The fraction of sp³-hybridized carbons (Fsp3) is 0.407. The normalized spacial score (nSPS) is 17.4. The van der Waals surface area contributed by atoms with Gasteiger partial charge in [-0.1, -0.05) is 19.9 Å². The van der Waals surface area contributed by atoms with Gasteiger partial charge in [-0.25, -0.2) is 0 Å². The number of aliphatic hydroxyl groups is 3. The molecule has 0 aromatic heterocycles. The van der Waals surface area contributed by atoms with E-state index in [4.69, 9.17) is 14.6 Å². The summed E-state index contributed by atoms with van der Waals surface area (Å²) in [4.78, 5) is 26.1. The number of hydrogen-bond acceptors (Lipinski definition) is 7. The highest BCUT2D eigenvalue weighted by atomic mass is 16.5. The molecule has 0 saturated carbocycles. The van der Waals surface area contributed by atoms with Gasteiger partial charge in [0.05, 0.1) is 13.2 Å². The Bertz CT molecular complexity index is 1180. The number of hydrogen-bond donors (Lipinski definition) is 4. The third-order valence-electron chi connectivity index (χ3n) is 6.84. The summed E-state index contributed by atoms with van der Waals surface area (Å²) in [7, 11) is 1.58. The molecule has 4 rings (SSSR count). The van der Waals surface area contributed by atoms with E-state index in [2.05, 4.69) is 19.2 Å². The van der Waals surface area contributed by atoms with E-state index in [0.29, 0.717) is 42.0 Å². The lowest BCUT2D eigenvalue weighted by Gasteiger charge is -2.34. The number of Topliss-reactive ketones (excluding diaryl/α,β-unsaturated/α-hetero) is 1. The molecule has 0 saturated heterocycles. The summed E-state index contributed by atoms with van der Waals surface area (Å²) in [6, 6.07) is 10.6. The van der Waals surface area contributed by atoms with E-state index < -0.39 is 24.2 Å². The summed E-state index contributed by atoms with van der Waals surface area (Å²) in [5.41, 5.74) is 4.98. The molecule has 2 atom stereocenters. The summed E-state index contributed by atoms with van der Waals surface area (Å²) in [5.74, 6) is 0.218. The SMILES string of the molecule is COCCNC(=O)c1ccc2c(c1)CC1=C2C(=O)c2ccc(OC[C@@H](O)[C@H](O)CO)cc2C1(C)C. The van der Waals surface area contributed by atoms with Gasteiger partial charge < -0.3 is 30.1 Å². The number of aliphatic hydroxyl groups excluding tert-OH is 3. The van der Waals surface area contributed by atoms with Crippen molar-refractivity contribution in [2.45, 2.75) is 37.9 Å². The summed E-state index contributed by atoms with van der Waals surface area (Å²) in [6.07, 6.45) is -1.96. The lowest BCUT2D eigenvalue weighted by atomic mass is 9.68. The zero-order valence-corrected chi connectivity index (χ0v) is 20.1. The molecule has 8 nitrogen and oxygen atoms in total. The van der Waals surface area contributed by atoms with Gasteiger partial charge in [0.15, 0.2) is 5.78 Å². The molecule has 0 bridgehead atoms. The standard InChI is InChI=1S/C27H31NO7/c1-27(2)20-12-17(35-14-23(31)22(30)13-29)5-7-19(20)25(32)24-18-6-4-15(10-16(18)11-21(24)27)26(33)28-8-9-34-3/h4-7,10,12,22-23,29-31H,8-9,11,13-14H2,1-3H3,(H,28,33)/t22-,23-/m1/s1. The van der Waals surface area contributed by atoms with E-state index in [1.165, 1.54) is 0 Å². The van der Waals surface area contributed by atoms with Crippen molar-refractivity contribution >= 4 is 17.3 Å². The number of methoxy groups -OCH3 is 1. The first-order valence-electron chi connectivity index (χ1n) is 11.6. The summed E-state index contributed by atoms with van der Waals surface area (Å²) in [6.45, 7) is 4.22. The lowest BCUT2D eigenvalue weighted by Crippen LogP contribution is -2.34. The minimum absolute atomic E-state index is 0.0624. The van der Waals surface area contributed by atoms with Crippen LogP contribution in [-0.2, 0) is 16.6 Å². The van der Waals surface area contributed by atoms with E-state index in [0.717, 1.165) is 22.3 Å². The van der Waals surface area contributed by atoms with Crippen LogP contribution in [0.15, 0.2) is 42.0 Å². The lowest BCUT2D eigenvalue weighted by molar-refractivity contribution is -0.0339. The van der Waals surface area contributed by atoms with Gasteiger partial charge >= 0.3 is 0 Å². The number of ketones is 1. The molecule has 2 aliphatic carbocycles. The minimum atomic E-state index is -1.29. The quantitative estimate of drug-likeness (QED) is 0.401. The first-order valence-corrected chi connectivity index (χ1v) is 11.6. The Morgan fingerprint density at radius 1 is 1.11 bits per heavy atom. The topological polar surface area (TPSA) is 125 Å². The fourth-order valence-corrected chi connectivity index (χ4v) is 4.77. The predicted molar refractivity (Wildman–Crippen MR) is 130 cm³/mol. The number of benzene rings is 2. The molecule has 0 spiro atoms. The molecule has 2 aliphatic rings. The van der Waals surface area contributed by atoms with Gasteiger partial charge in [-0.2, -0.15) is 0 Å². The fourth-order valence-electron chi connectivity index (χ4n) is 4.77. The van der Waals surface area contributed by atoms with Gasteiger partial charge in [0.1, 0.15) is 24.6 Å². The Balaban J connectivity index is 1.60. The maximum Gasteiger partial charge on any atom is 0.251 e. The Hall–Kier alpha value is -3.04. The monoisotopic (exact) mass is 481 g/mol. The third-order valence-corrected chi connectivity index (χ3v) is 6.84. The van der Waals surface area contributed by atoms with Crippen LogP contribution < -0.4 is 10.1 Å². The number of fused-ring (bicyclic) bond motifs is 3. The van der Waals surface area contributed by atoms with Crippen LogP contribution in [0.2, 0.25) is 0 Å². The van der Waals surface area contributed by atoms with Crippen LogP contribution in [-0.4, -0.2) is 72.7 Å². The van der Waals surface area contributed by atoms with E-state index in [1.807, 2.05) is 12.1 Å². The first kappa shape index (κ1) is 25.1. The molecule has 2 aromatic rings. The Kier molecular flexibility index (Phi) is 7.10. The van der Waals surface area contributed by atoms with Crippen molar-refractivity contribution in [3.05, 3.63) is 69.8 Å². The van der Waals surface area contributed by atoms with E-state index >= 15 is 0 Å². The highest BCUT2D eigenvalue weighted by Gasteiger charge is 2.43. The molecule has 4 N–H and O–H groups in total. The summed E-state index contributed by atoms with van der Waals surface area (Å²) >= 11 is 0. The van der Waals surface area contributed by atoms with Crippen LogP contribution in [0.3, 0.4) is 0 Å². The van der Waals surface area contributed by atoms with Crippen LogP contribution in [0.4, 0.5) is 0 Å². The van der Waals surface area contributed by atoms with Crippen molar-refractivity contribution in [1.29, 1.82) is 0 Å². The van der Waals surface area contributed by atoms with Gasteiger partial charge in [-0.3, -0.25) is 9.59 Å². The second-order valence-electron chi connectivity index (χ2n) is 9.44. The number of carbonyl (C=O) groups is 2. The molecule has 0 radical (unpaired) electrons. The van der Waals surface area contributed by atoms with Crippen molar-refractivity contribution in [1.82, 2.24) is 5.32 Å². The number of allylic oxidation sites excluding steroid dienone is 2. The van der Waals surface area contributed by atoms with Gasteiger partial charge in [-0.15, -0.1) is 0 Å². The number of amides is 1. The van der Waals surface area contributed by atoms with Crippen molar-refractivity contribution in [3.63, 3.8) is 0 Å². The maximum absolute atomic E-state index is 13.6. The molecule has 8 heteroatoms. The average Bonchev–Trinajstić information content (AvgIpc) is 3.25. The Morgan fingerprint density at radius 2 is 1.86 bits per heavy atom. The van der Waals surface area contributed by atoms with Crippen molar-refractivity contribution in [3.8, 4) is 5.75 Å². The molecule has 0 heterocycles. The second kappa shape index (κ2) is 9.91. The van der Waals surface area contributed by atoms with Crippen molar-refractivity contribution < 1.29 is 34.4 Å². The third kappa shape index (κ3) is 4.62. The molecule has 0 fully saturated rings. The molecule has 35 heavy (non-hydrogen) atoms. The molecular formula is C27H31NO7. The average molecular weight is 482 g/mol. The van der Waals surface area contributed by atoms with E-state index in [1.54, 1.807) is 31.4 Å². The number of rotatable bonds is 9. The van der Waals surface area contributed by atoms with Crippen LogP contribution in [0.1, 0.15) is 51.3 Å². The zero-order valence-electron chi connectivity index (χ0n) is 20.1. The molecule has 2 aromatic carbocycles. The predicted octanol–water partition coefficient (Wildman–Crippen LogP) is 1.64. The zero-order chi connectivity index (χ0) is 25.3. The Morgan fingerprint density at radius 3 is 2.57 bits per heavy atom. The number of ether oxygens (including phenoxy) is 2. The van der Waals surface area contributed by atoms with Crippen molar-refractivity contribution in [2.75, 3.05) is 33.5 Å². The first-order chi connectivity index (χ1) is 16.7. The van der Waals surface area contributed by atoms with Gasteiger partial charge in [-0.05, 0) is 59.0 Å². The molecule has 0 aliphatic heterocycles.